The van der Waals surface area contributed by atoms with Crippen molar-refractivity contribution >= 4 is 139 Å². The Kier molecular flexibility index (Phi) is 27.0. The van der Waals surface area contributed by atoms with E-state index in [1.807, 2.05) is 13.8 Å². The molecule has 1 saturated heterocycles. The third-order valence-corrected chi connectivity index (χ3v) is 25.0. The van der Waals surface area contributed by atoms with E-state index >= 15 is 14.4 Å². The maximum atomic E-state index is 15.4. The molecular formula is C73H89N19O17S5. The average molecular weight is 1660 g/mol. The Balaban J connectivity index is 1.16. The van der Waals surface area contributed by atoms with Gasteiger partial charge in [-0.15, -0.1) is 57.1 Å². The standard InChI is InChI=1S/C73H89N19O17S5/c1-15-27(3)49-64(105)79-32(8)58(99)76-30(6)57(98)77-33(9)59(100)92-73-20-19-41(67-86-45(23-111-67)60(101)78-31(7)56(97)75-29(5)55(74)96)82-53(73)44-22-112-68(84-44)52(36(12)109-70(107)42-18-17-38-39(34(10)93)21-43(81-49)28(4)50(38)80-42)90-61(102)46-25-113-69(87-46)54(72(14,108)37(13)95)91-63(104)47-24-110-66(85-47)40(16-2)83-65(106)51(35(11)94)89-62(103)48-26-114-71(73)88-48/h16-18,21-23,25-28,32-37,41,43,47,49,51-54,81-82,93-95,108H,5-7,15,19-20,24H2,1-4,8-14H3,(H2,74,96)(H,75,97)(H,76,99)(H,77,98)(H,78,101)(H,79,105)(H,83,106)(H,89,103)(H,90,102)(H,91,104)(H,92,100)/b40-16-/t27-,28-,32-,33+,34-,35+,36+,37+,41+,43-,47-,49-,51-,52-,53+,54+,72+,73-/m0/s1. The number of hydrogen-bond donors (Lipinski definition) is 17. The van der Waals surface area contributed by atoms with E-state index in [9.17, 15) is 63.6 Å². The van der Waals surface area contributed by atoms with Crippen LogP contribution in [-0.2, 0) is 48.6 Å². The first-order valence-corrected chi connectivity index (χ1v) is 40.6. The average Bonchev–Trinajstić information content (AvgIpc) is 1.43. The molecule has 608 valence electrons. The molecule has 4 aliphatic heterocycles. The number of aliphatic hydroxyl groups excluding tert-OH is 3. The summed E-state index contributed by atoms with van der Waals surface area (Å²) in [4.78, 5) is 199. The number of piperidine rings is 1. The van der Waals surface area contributed by atoms with Crippen LogP contribution in [0.15, 0.2) is 93.3 Å². The van der Waals surface area contributed by atoms with Crippen molar-refractivity contribution in [3.05, 3.63) is 148 Å². The van der Waals surface area contributed by atoms with E-state index < -0.39 is 190 Å². The number of ether oxygens (including phenoxy) is 1. The highest BCUT2D eigenvalue weighted by Crippen LogP contribution is 2.49. The van der Waals surface area contributed by atoms with Crippen LogP contribution in [0.4, 0.5) is 0 Å². The monoisotopic (exact) mass is 1660 g/mol. The minimum Gasteiger partial charge on any atom is -0.455 e. The molecule has 1 aliphatic carbocycles. The molecule has 18 N–H and O–H groups in total. The van der Waals surface area contributed by atoms with E-state index in [4.69, 9.17) is 25.4 Å². The number of thiazole rings is 4. The number of carbonyl (C=O) groups is 12. The van der Waals surface area contributed by atoms with Crippen molar-refractivity contribution in [1.82, 2.24) is 88.7 Å². The second-order valence-corrected chi connectivity index (χ2v) is 32.9. The summed E-state index contributed by atoms with van der Waals surface area (Å²) in [6, 6.07) is -9.81. The van der Waals surface area contributed by atoms with Crippen LogP contribution < -0.4 is 69.5 Å². The summed E-state index contributed by atoms with van der Waals surface area (Å²) >= 11 is 4.67. The van der Waals surface area contributed by atoms with Gasteiger partial charge in [-0.3, -0.25) is 68.4 Å². The number of pyridine rings is 1. The SMILES string of the molecule is C=C(NC(=O)C(=C)NC(=O)c1csc([C@H]2CC[C@@]34NC(=O)[C@@H](C)NC(=O)C(=C)NC(=O)[C@H](C)NC(=O)[C@H]([C@@H](C)CC)N[C@H]5C=C([C@H](C)O)c6ccc(nc6[C@H]5C)C(=O)O[C@H](C)[C@H](NC(=O)c5csc(n5)[C@H]([C@](C)(O)[C@@H](C)O)NC(=O)[C@@H]5CSC(=N5)/C(=C/C)NC(=O)[C@H]([C@@H](C)O)NC(=O)c5csc3n5)c3nc(cs3)[C@H]4N2)n1)C(N)=O. The zero-order valence-corrected chi connectivity index (χ0v) is 67.8. The molecule has 11 amide bonds. The molecule has 0 radical (unpaired) electrons. The molecule has 5 aliphatic rings. The second kappa shape index (κ2) is 35.7. The maximum absolute atomic E-state index is 15.4. The quantitative estimate of drug-likeness (QED) is 0.0620. The van der Waals surface area contributed by atoms with Crippen LogP contribution in [0.2, 0.25) is 0 Å². The molecule has 5 aromatic heterocycles. The molecule has 18 atom stereocenters. The summed E-state index contributed by atoms with van der Waals surface area (Å²) in [5.41, 5.74) is -0.217. The number of aromatic nitrogens is 5. The lowest BCUT2D eigenvalue weighted by molar-refractivity contribution is -0.131. The predicted octanol–water partition coefficient (Wildman–Crippen LogP) is 1.38. The van der Waals surface area contributed by atoms with Gasteiger partial charge in [0.05, 0.1) is 70.6 Å². The Morgan fingerprint density at radius 3 is 2.09 bits per heavy atom. The zero-order chi connectivity index (χ0) is 83.4. The predicted molar refractivity (Wildman–Crippen MR) is 421 cm³/mol. The van der Waals surface area contributed by atoms with Crippen molar-refractivity contribution in [2.24, 2.45) is 16.6 Å². The second-order valence-electron chi connectivity index (χ2n) is 28.4. The number of carbonyl (C=O) groups excluding carboxylic acids is 12. The fraction of sp³-hybridized carbons (Fsp3) is 0.452. The number of fused-ring (bicyclic) bond motifs is 7. The van der Waals surface area contributed by atoms with E-state index in [-0.39, 0.29) is 83.8 Å². The van der Waals surface area contributed by atoms with E-state index in [0.29, 0.717) is 23.3 Å². The molecule has 114 heavy (non-hydrogen) atoms. The van der Waals surface area contributed by atoms with Gasteiger partial charge in [0.25, 0.3) is 35.4 Å². The summed E-state index contributed by atoms with van der Waals surface area (Å²) in [5.74, 6) is -12.1. The number of primary amides is 1. The number of aliphatic hydroxyl groups is 4. The minimum atomic E-state index is -2.18. The molecule has 0 unspecified atom stereocenters. The molecule has 5 aromatic rings. The molecule has 9 heterocycles. The van der Waals surface area contributed by atoms with E-state index in [0.717, 1.165) is 57.1 Å². The summed E-state index contributed by atoms with van der Waals surface area (Å²) in [5, 5.41) is 84.7. The summed E-state index contributed by atoms with van der Waals surface area (Å²) in [6.07, 6.45) is -2.18. The van der Waals surface area contributed by atoms with Crippen LogP contribution in [0.5, 0.6) is 0 Å². The highest BCUT2D eigenvalue weighted by Gasteiger charge is 2.52. The first-order chi connectivity index (χ1) is 53.7. The van der Waals surface area contributed by atoms with Gasteiger partial charge in [0.2, 0.25) is 29.5 Å². The van der Waals surface area contributed by atoms with Crippen LogP contribution in [0.25, 0.3) is 5.57 Å². The molecular weight excluding hydrogens is 1580 g/mol. The summed E-state index contributed by atoms with van der Waals surface area (Å²) in [7, 11) is 0. The smallest absolute Gasteiger partial charge is 0.357 e. The van der Waals surface area contributed by atoms with E-state index in [1.165, 1.54) is 69.8 Å². The number of hydrogen-bond acceptors (Lipinski definition) is 30. The van der Waals surface area contributed by atoms with Gasteiger partial charge in [-0.05, 0) is 85.8 Å². The lowest BCUT2D eigenvalue weighted by atomic mass is 9.78. The topological polar surface area (TPSA) is 542 Å². The fourth-order valence-electron chi connectivity index (χ4n) is 12.9. The maximum Gasteiger partial charge on any atom is 0.357 e. The Hall–Kier alpha value is -10.2. The first kappa shape index (κ1) is 86.2. The number of allylic oxidation sites excluding steroid dienone is 1. The number of amides is 11. The van der Waals surface area contributed by atoms with Gasteiger partial charge >= 0.3 is 5.97 Å². The molecule has 13 bridgehead atoms. The van der Waals surface area contributed by atoms with Crippen LogP contribution >= 0.6 is 57.1 Å². The summed E-state index contributed by atoms with van der Waals surface area (Å²) in [6.45, 7) is 27.3. The lowest BCUT2D eigenvalue weighted by Crippen LogP contribution is -2.61. The number of aliphatic imine (C=N–C) groups is 1. The van der Waals surface area contributed by atoms with Gasteiger partial charge in [0.15, 0.2) is 0 Å². The molecule has 0 aromatic carbocycles. The van der Waals surface area contributed by atoms with Crippen molar-refractivity contribution in [3.8, 4) is 0 Å². The molecule has 0 saturated carbocycles. The first-order valence-electron chi connectivity index (χ1n) is 36.1. The van der Waals surface area contributed by atoms with Crippen LogP contribution in [0.3, 0.4) is 0 Å². The summed E-state index contributed by atoms with van der Waals surface area (Å²) < 4.78 is 6.33. The minimum absolute atomic E-state index is 0.000998. The van der Waals surface area contributed by atoms with Crippen molar-refractivity contribution in [1.29, 1.82) is 0 Å². The van der Waals surface area contributed by atoms with Gasteiger partial charge in [0.1, 0.15) is 101 Å². The van der Waals surface area contributed by atoms with Gasteiger partial charge in [0, 0.05) is 44.8 Å². The van der Waals surface area contributed by atoms with Crippen LogP contribution in [-0.4, -0.2) is 193 Å². The third-order valence-electron chi connectivity index (χ3n) is 20.1. The highest BCUT2D eigenvalue weighted by atomic mass is 32.2. The van der Waals surface area contributed by atoms with Gasteiger partial charge < -0.3 is 84.1 Å². The van der Waals surface area contributed by atoms with Crippen molar-refractivity contribution in [3.63, 3.8) is 0 Å². The van der Waals surface area contributed by atoms with E-state index in [2.05, 4.69) is 98.5 Å². The molecule has 41 heteroatoms. The van der Waals surface area contributed by atoms with Crippen LogP contribution in [0, 0.1) is 5.92 Å². The Morgan fingerprint density at radius 1 is 0.737 bits per heavy atom. The number of cyclic esters (lactones) is 1. The number of esters is 1. The van der Waals surface area contributed by atoms with Crippen LogP contribution in [0.1, 0.15) is 204 Å². The molecule has 10 rings (SSSR count). The van der Waals surface area contributed by atoms with Gasteiger partial charge in [-0.25, -0.2) is 29.7 Å². The Morgan fingerprint density at radius 2 is 1.41 bits per heavy atom. The number of nitrogens with zero attached hydrogens (tertiary/aromatic N) is 6. The largest absolute Gasteiger partial charge is 0.455 e. The third kappa shape index (κ3) is 18.8. The number of thioether (sulfide) groups is 1. The van der Waals surface area contributed by atoms with Gasteiger partial charge in [-0.2, -0.15) is 0 Å². The molecule has 0 spiro atoms. The Labute approximate surface area is 673 Å². The van der Waals surface area contributed by atoms with Gasteiger partial charge in [-0.1, -0.05) is 65.1 Å². The molecule has 36 nitrogen and oxygen atoms in total. The number of rotatable bonds is 12. The van der Waals surface area contributed by atoms with Crippen molar-refractivity contribution < 1.29 is 82.7 Å². The normalized spacial score (nSPS) is 27.7. The van der Waals surface area contributed by atoms with Crippen molar-refractivity contribution in [2.75, 3.05) is 5.75 Å². The van der Waals surface area contributed by atoms with Crippen molar-refractivity contribution in [2.45, 2.75) is 197 Å². The lowest BCUT2D eigenvalue weighted by Gasteiger charge is -2.46. The highest BCUT2D eigenvalue weighted by molar-refractivity contribution is 8.14. The fourth-order valence-corrected chi connectivity index (χ4v) is 17.8. The van der Waals surface area contributed by atoms with E-state index in [1.54, 1.807) is 38.3 Å². The molecule has 1 fully saturated rings. The number of nitrogens with one attached hydrogen (secondary N) is 12. The zero-order valence-electron chi connectivity index (χ0n) is 63.7. The Bertz CT molecular complexity index is 4810. The number of nitrogens with two attached hydrogens (primary N) is 1.